The highest BCUT2D eigenvalue weighted by Gasteiger charge is 2.17. The second kappa shape index (κ2) is 7.05. The number of hydrogen-bond donors (Lipinski definition) is 2. The molecule has 2 aromatic heterocycles. The van der Waals surface area contributed by atoms with Gasteiger partial charge in [0.25, 0.3) is 5.91 Å². The maximum absolute atomic E-state index is 12.7. The Balaban J connectivity index is 1.57. The van der Waals surface area contributed by atoms with Gasteiger partial charge in [0, 0.05) is 5.69 Å². The van der Waals surface area contributed by atoms with Crippen molar-refractivity contribution in [2.75, 3.05) is 6.26 Å². The summed E-state index contributed by atoms with van der Waals surface area (Å²) < 4.78 is 1.86. The molecule has 1 amide bonds. The van der Waals surface area contributed by atoms with Gasteiger partial charge in [0.15, 0.2) is 5.16 Å². The van der Waals surface area contributed by atoms with Crippen LogP contribution in [0, 0.1) is 0 Å². The van der Waals surface area contributed by atoms with E-state index in [0.717, 1.165) is 27.7 Å². The Kier molecular flexibility index (Phi) is 4.45. The number of carbonyl (C=O) groups excluding carboxylic acids is 1. The minimum absolute atomic E-state index is 0.192. The largest absolute Gasteiger partial charge is 0.343 e. The molecule has 0 fully saturated rings. The van der Waals surface area contributed by atoms with E-state index in [9.17, 15) is 4.79 Å². The van der Waals surface area contributed by atoms with Gasteiger partial charge in [0.1, 0.15) is 11.5 Å². The number of carbonyl (C=O) groups is 1. The lowest BCUT2D eigenvalue weighted by Gasteiger charge is -2.10. The Hall–Kier alpha value is -3.06. The summed E-state index contributed by atoms with van der Waals surface area (Å²) in [4.78, 5) is 24.8. The van der Waals surface area contributed by atoms with Crippen molar-refractivity contribution in [1.82, 2.24) is 24.8 Å². The minimum atomic E-state index is -0.192. The Morgan fingerprint density at radius 1 is 1.15 bits per heavy atom. The van der Waals surface area contributed by atoms with Crippen LogP contribution in [-0.2, 0) is 6.54 Å². The van der Waals surface area contributed by atoms with Crippen molar-refractivity contribution >= 4 is 28.7 Å². The number of para-hydroxylation sites is 3. The Morgan fingerprint density at radius 3 is 2.69 bits per heavy atom. The molecule has 2 N–H and O–H groups in total. The van der Waals surface area contributed by atoms with E-state index in [2.05, 4.69) is 20.3 Å². The number of nitrogens with one attached hydrogen (secondary N) is 2. The highest BCUT2D eigenvalue weighted by atomic mass is 32.2. The molecule has 4 rings (SSSR count). The van der Waals surface area contributed by atoms with E-state index in [1.165, 1.54) is 11.8 Å². The van der Waals surface area contributed by atoms with E-state index in [4.69, 9.17) is 0 Å². The molecule has 0 atom stereocenters. The third-order valence-electron chi connectivity index (χ3n) is 4.01. The van der Waals surface area contributed by atoms with Crippen molar-refractivity contribution in [3.05, 3.63) is 72.3 Å². The Morgan fingerprint density at radius 2 is 1.92 bits per heavy atom. The van der Waals surface area contributed by atoms with E-state index in [-0.39, 0.29) is 5.91 Å². The lowest BCUT2D eigenvalue weighted by atomic mass is 10.3. The fourth-order valence-corrected chi connectivity index (χ4v) is 3.35. The fourth-order valence-electron chi connectivity index (χ4n) is 2.81. The zero-order chi connectivity index (χ0) is 17.9. The topological polar surface area (TPSA) is 75.6 Å². The van der Waals surface area contributed by atoms with Gasteiger partial charge in [-0.1, -0.05) is 42.1 Å². The van der Waals surface area contributed by atoms with Crippen LogP contribution in [0.4, 0.5) is 0 Å². The molecule has 0 spiro atoms. The van der Waals surface area contributed by atoms with Gasteiger partial charge in [0.2, 0.25) is 0 Å². The van der Waals surface area contributed by atoms with Gasteiger partial charge in [0.05, 0.1) is 23.8 Å². The van der Waals surface area contributed by atoms with Crippen LogP contribution in [0.3, 0.4) is 0 Å². The molecule has 0 bridgehead atoms. The molecule has 0 aliphatic carbocycles. The van der Waals surface area contributed by atoms with E-state index >= 15 is 0 Å². The average molecular weight is 363 g/mol. The number of fused-ring (bicyclic) bond motifs is 1. The number of imidazole rings is 2. The van der Waals surface area contributed by atoms with Crippen molar-refractivity contribution in [2.45, 2.75) is 11.7 Å². The van der Waals surface area contributed by atoms with Gasteiger partial charge in [-0.15, -0.1) is 0 Å². The van der Waals surface area contributed by atoms with Crippen molar-refractivity contribution in [2.24, 2.45) is 0 Å². The summed E-state index contributed by atoms with van der Waals surface area (Å²) in [5, 5.41) is 3.69. The van der Waals surface area contributed by atoms with Crippen LogP contribution in [0.5, 0.6) is 0 Å². The maximum Gasteiger partial charge on any atom is 0.270 e. The maximum atomic E-state index is 12.7. The number of rotatable bonds is 5. The van der Waals surface area contributed by atoms with Crippen molar-refractivity contribution in [3.8, 4) is 5.69 Å². The van der Waals surface area contributed by atoms with Crippen molar-refractivity contribution < 1.29 is 4.79 Å². The monoisotopic (exact) mass is 363 g/mol. The predicted octanol–water partition coefficient (Wildman–Crippen LogP) is 3.40. The van der Waals surface area contributed by atoms with Crippen LogP contribution < -0.4 is 5.32 Å². The van der Waals surface area contributed by atoms with Gasteiger partial charge in [-0.2, -0.15) is 0 Å². The third kappa shape index (κ3) is 3.09. The molecule has 0 aliphatic heterocycles. The molecule has 26 heavy (non-hydrogen) atoms. The van der Waals surface area contributed by atoms with E-state index in [0.29, 0.717) is 12.2 Å². The second-order valence-corrected chi connectivity index (χ2v) is 6.46. The molecule has 6 nitrogen and oxygen atoms in total. The predicted molar refractivity (Wildman–Crippen MR) is 103 cm³/mol. The SMILES string of the molecule is CSc1ncc(C(=O)NCc2nc3ccccc3[nH]2)n1-c1ccccc1. The third-order valence-corrected chi connectivity index (χ3v) is 4.67. The lowest BCUT2D eigenvalue weighted by Crippen LogP contribution is -2.25. The van der Waals surface area contributed by atoms with Gasteiger partial charge in [-0.3, -0.25) is 9.36 Å². The van der Waals surface area contributed by atoms with Crippen LogP contribution in [-0.4, -0.2) is 31.7 Å². The number of aromatic nitrogens is 4. The van der Waals surface area contributed by atoms with Crippen LogP contribution in [0.2, 0.25) is 0 Å². The first-order valence-corrected chi connectivity index (χ1v) is 9.37. The standard InChI is InChI=1S/C19H17N5OS/c1-26-19-21-11-16(24(19)13-7-3-2-4-8-13)18(25)20-12-17-22-14-9-5-6-10-15(14)23-17/h2-11H,12H2,1H3,(H,20,25)(H,22,23). The lowest BCUT2D eigenvalue weighted by molar-refractivity contribution is 0.0942. The Bertz CT molecular complexity index is 1020. The highest BCUT2D eigenvalue weighted by Crippen LogP contribution is 2.21. The molecule has 0 saturated heterocycles. The van der Waals surface area contributed by atoms with Gasteiger partial charge < -0.3 is 10.3 Å². The summed E-state index contributed by atoms with van der Waals surface area (Å²) in [6.45, 7) is 0.322. The van der Waals surface area contributed by atoms with Crippen molar-refractivity contribution in [1.29, 1.82) is 0 Å². The number of nitrogens with zero attached hydrogens (tertiary/aromatic N) is 3. The first-order chi connectivity index (χ1) is 12.8. The molecular weight excluding hydrogens is 346 g/mol. The van der Waals surface area contributed by atoms with E-state index < -0.39 is 0 Å². The van der Waals surface area contributed by atoms with Crippen LogP contribution in [0.15, 0.2) is 66.0 Å². The minimum Gasteiger partial charge on any atom is -0.343 e. The molecule has 4 aromatic rings. The smallest absolute Gasteiger partial charge is 0.270 e. The normalized spacial score (nSPS) is 11.0. The molecule has 0 saturated carbocycles. The number of hydrogen-bond acceptors (Lipinski definition) is 4. The second-order valence-electron chi connectivity index (χ2n) is 5.68. The number of amides is 1. The highest BCUT2D eigenvalue weighted by molar-refractivity contribution is 7.98. The zero-order valence-corrected chi connectivity index (χ0v) is 15.0. The number of aromatic amines is 1. The summed E-state index contributed by atoms with van der Waals surface area (Å²) in [7, 11) is 0. The molecule has 0 aliphatic rings. The number of thioether (sulfide) groups is 1. The molecular formula is C19H17N5OS. The number of benzene rings is 2. The zero-order valence-electron chi connectivity index (χ0n) is 14.1. The van der Waals surface area contributed by atoms with Crippen LogP contribution in [0.25, 0.3) is 16.7 Å². The van der Waals surface area contributed by atoms with Crippen LogP contribution >= 0.6 is 11.8 Å². The first kappa shape index (κ1) is 16.4. The van der Waals surface area contributed by atoms with Gasteiger partial charge in [-0.05, 0) is 30.5 Å². The van der Waals surface area contributed by atoms with Crippen molar-refractivity contribution in [3.63, 3.8) is 0 Å². The summed E-state index contributed by atoms with van der Waals surface area (Å²) in [6.07, 6.45) is 3.55. The fraction of sp³-hybridized carbons (Fsp3) is 0.105. The Labute approximate surface area is 154 Å². The summed E-state index contributed by atoms with van der Waals surface area (Å²) >= 11 is 1.50. The molecule has 2 aromatic carbocycles. The van der Waals surface area contributed by atoms with E-state index in [1.54, 1.807) is 6.20 Å². The quantitative estimate of drug-likeness (QED) is 0.533. The molecule has 0 unspecified atom stereocenters. The molecule has 0 radical (unpaired) electrons. The average Bonchev–Trinajstić information content (AvgIpc) is 3.30. The molecule has 7 heteroatoms. The van der Waals surface area contributed by atoms with Gasteiger partial charge in [-0.25, -0.2) is 9.97 Å². The molecule has 130 valence electrons. The summed E-state index contributed by atoms with van der Waals surface area (Å²) in [5.74, 6) is 0.525. The summed E-state index contributed by atoms with van der Waals surface area (Å²) in [5.41, 5.74) is 3.24. The van der Waals surface area contributed by atoms with Gasteiger partial charge >= 0.3 is 0 Å². The summed E-state index contributed by atoms with van der Waals surface area (Å²) in [6, 6.07) is 17.5. The number of H-pyrrole nitrogens is 1. The van der Waals surface area contributed by atoms with Crippen LogP contribution in [0.1, 0.15) is 16.3 Å². The molecule has 2 heterocycles. The van der Waals surface area contributed by atoms with E-state index in [1.807, 2.05) is 65.4 Å². The first-order valence-electron chi connectivity index (χ1n) is 8.15.